The Balaban J connectivity index is 1.16. The van der Waals surface area contributed by atoms with Gasteiger partial charge >= 0.3 is 0 Å². The van der Waals surface area contributed by atoms with E-state index in [1.165, 1.54) is 27.5 Å². The maximum atomic E-state index is 7.00. The van der Waals surface area contributed by atoms with Gasteiger partial charge in [0.25, 0.3) is 0 Å². The summed E-state index contributed by atoms with van der Waals surface area (Å²) in [5, 5.41) is 6.76. The van der Waals surface area contributed by atoms with Crippen LogP contribution in [0.25, 0.3) is 76.9 Å². The van der Waals surface area contributed by atoms with Gasteiger partial charge in [-0.2, -0.15) is 0 Å². The maximum absolute atomic E-state index is 7.00. The van der Waals surface area contributed by atoms with Crippen LogP contribution < -0.4 is 9.80 Å². The molecule has 1 heterocycles. The molecule has 0 aliphatic rings. The van der Waals surface area contributed by atoms with E-state index in [0.29, 0.717) is 0 Å². The van der Waals surface area contributed by atoms with Gasteiger partial charge in [0.2, 0.25) is 0 Å². The highest BCUT2D eigenvalue weighted by Gasteiger charge is 2.28. The molecule has 1 aromatic heterocycles. The number of hydrogen-bond acceptors (Lipinski definition) is 3. The number of benzene rings is 11. The first-order valence-electron chi connectivity index (χ1n) is 22.2. The minimum absolute atomic E-state index is 0.819. The van der Waals surface area contributed by atoms with E-state index in [9.17, 15) is 0 Å². The summed E-state index contributed by atoms with van der Waals surface area (Å²) in [6.45, 7) is 0. The first-order chi connectivity index (χ1) is 32.2. The normalized spacial score (nSPS) is 11.4. The van der Waals surface area contributed by atoms with Crippen molar-refractivity contribution in [1.82, 2.24) is 0 Å². The Morgan fingerprint density at radius 2 is 0.831 bits per heavy atom. The Hall–Kier alpha value is -8.66. The van der Waals surface area contributed by atoms with E-state index >= 15 is 0 Å². The predicted molar refractivity (Wildman–Crippen MR) is 274 cm³/mol. The Morgan fingerprint density at radius 3 is 1.55 bits per heavy atom. The quantitative estimate of drug-likeness (QED) is 0.144. The number of furan rings is 1. The predicted octanol–water partition coefficient (Wildman–Crippen LogP) is 17.8. The van der Waals surface area contributed by atoms with Crippen LogP contribution in [0.3, 0.4) is 0 Å². The summed E-state index contributed by atoms with van der Waals surface area (Å²) in [7, 11) is 0. The molecule has 0 amide bonds. The fourth-order valence-electron chi connectivity index (χ4n) is 9.53. The lowest BCUT2D eigenvalue weighted by Crippen LogP contribution is -2.17. The highest BCUT2D eigenvalue weighted by molar-refractivity contribution is 6.22. The molecular weight excluding hydrogens is 789 g/mol. The van der Waals surface area contributed by atoms with Crippen LogP contribution in [-0.4, -0.2) is 0 Å². The van der Waals surface area contributed by atoms with Gasteiger partial charge in [0, 0.05) is 33.5 Å². The molecule has 0 spiro atoms. The van der Waals surface area contributed by atoms with Crippen LogP contribution in [0.2, 0.25) is 0 Å². The van der Waals surface area contributed by atoms with Crippen molar-refractivity contribution in [3.05, 3.63) is 255 Å². The molecule has 12 rings (SSSR count). The number of fused-ring (bicyclic) bond motifs is 6. The molecule has 11 aromatic carbocycles. The van der Waals surface area contributed by atoms with E-state index in [0.717, 1.165) is 83.5 Å². The molecule has 0 atom stereocenters. The molecule has 0 N–H and O–H groups in total. The first-order valence-corrected chi connectivity index (χ1v) is 22.2. The monoisotopic (exact) mass is 830 g/mol. The molecule has 12 aromatic rings. The third-order valence-corrected chi connectivity index (χ3v) is 12.6. The van der Waals surface area contributed by atoms with Gasteiger partial charge in [-0.05, 0) is 122 Å². The summed E-state index contributed by atoms with van der Waals surface area (Å²) < 4.78 is 7.00. The van der Waals surface area contributed by atoms with Crippen molar-refractivity contribution in [2.24, 2.45) is 0 Å². The summed E-state index contributed by atoms with van der Waals surface area (Å²) in [4.78, 5) is 4.83. The molecule has 306 valence electrons. The third kappa shape index (κ3) is 6.87. The molecule has 0 aliphatic carbocycles. The second-order valence-corrected chi connectivity index (χ2v) is 16.5. The third-order valence-electron chi connectivity index (χ3n) is 12.6. The molecule has 0 bridgehead atoms. The molecule has 0 fully saturated rings. The molecule has 65 heavy (non-hydrogen) atoms. The topological polar surface area (TPSA) is 19.6 Å². The lowest BCUT2D eigenvalue weighted by atomic mass is 9.92. The Bertz CT molecular complexity index is 3640. The first kappa shape index (κ1) is 38.0. The Labute approximate surface area is 378 Å². The maximum Gasteiger partial charge on any atom is 0.143 e. The van der Waals surface area contributed by atoms with Crippen molar-refractivity contribution in [1.29, 1.82) is 0 Å². The van der Waals surface area contributed by atoms with Crippen LogP contribution in [-0.2, 0) is 0 Å². The zero-order valence-electron chi connectivity index (χ0n) is 35.6. The lowest BCUT2D eigenvalue weighted by Gasteiger charge is -2.34. The second-order valence-electron chi connectivity index (χ2n) is 16.5. The van der Waals surface area contributed by atoms with Crippen molar-refractivity contribution in [2.45, 2.75) is 0 Å². The number of anilines is 6. The summed E-state index contributed by atoms with van der Waals surface area (Å²) in [6, 6.07) is 91.4. The van der Waals surface area contributed by atoms with Gasteiger partial charge < -0.3 is 14.2 Å². The van der Waals surface area contributed by atoms with Crippen LogP contribution in [0.4, 0.5) is 34.1 Å². The molecule has 0 radical (unpaired) electrons. The van der Waals surface area contributed by atoms with Crippen LogP contribution in [0.15, 0.2) is 259 Å². The van der Waals surface area contributed by atoms with Gasteiger partial charge in [0.1, 0.15) is 11.2 Å². The Morgan fingerprint density at radius 1 is 0.292 bits per heavy atom. The molecular formula is C62H42N2O. The van der Waals surface area contributed by atoms with Gasteiger partial charge in [0.05, 0.1) is 16.8 Å². The summed E-state index contributed by atoms with van der Waals surface area (Å²) in [5.74, 6) is 0. The van der Waals surface area contributed by atoms with E-state index < -0.39 is 0 Å². The SMILES string of the molecule is c1ccc(-c2ccc(N(c3ccccc3)c3ccc4oc5c6ccccc6ccc5c4c3N(c3ccccc3)c3ccc(-c4ccc5ccccc5c4)c(-c4ccccc4)c3)cc2)cc1. The highest BCUT2D eigenvalue weighted by atomic mass is 16.3. The van der Waals surface area contributed by atoms with Crippen LogP contribution in [0.5, 0.6) is 0 Å². The van der Waals surface area contributed by atoms with E-state index in [4.69, 9.17) is 4.42 Å². The zero-order chi connectivity index (χ0) is 43.1. The van der Waals surface area contributed by atoms with Gasteiger partial charge in [-0.25, -0.2) is 0 Å². The molecule has 0 aliphatic heterocycles. The fourth-order valence-corrected chi connectivity index (χ4v) is 9.53. The lowest BCUT2D eigenvalue weighted by molar-refractivity contribution is 0.672. The summed E-state index contributed by atoms with van der Waals surface area (Å²) in [5.41, 5.74) is 14.8. The van der Waals surface area contributed by atoms with E-state index in [1.807, 2.05) is 0 Å². The minimum Gasteiger partial charge on any atom is -0.455 e. The van der Waals surface area contributed by atoms with Gasteiger partial charge in [-0.1, -0.05) is 182 Å². The average molecular weight is 831 g/mol. The number of rotatable bonds is 9. The van der Waals surface area contributed by atoms with Gasteiger partial charge in [0.15, 0.2) is 0 Å². The van der Waals surface area contributed by atoms with Crippen LogP contribution in [0.1, 0.15) is 0 Å². The van der Waals surface area contributed by atoms with Crippen molar-refractivity contribution in [3.63, 3.8) is 0 Å². The minimum atomic E-state index is 0.819. The van der Waals surface area contributed by atoms with Gasteiger partial charge in [-0.3, -0.25) is 0 Å². The molecule has 0 unspecified atom stereocenters. The average Bonchev–Trinajstić information content (AvgIpc) is 3.78. The molecule has 0 saturated heterocycles. The number of nitrogens with zero attached hydrogens (tertiary/aromatic N) is 2. The van der Waals surface area contributed by atoms with Crippen molar-refractivity contribution in [2.75, 3.05) is 9.80 Å². The zero-order valence-corrected chi connectivity index (χ0v) is 35.6. The fraction of sp³-hybridized carbons (Fsp3) is 0. The summed E-state index contributed by atoms with van der Waals surface area (Å²) >= 11 is 0. The molecule has 3 heteroatoms. The highest BCUT2D eigenvalue weighted by Crippen LogP contribution is 2.53. The molecule has 3 nitrogen and oxygen atoms in total. The number of hydrogen-bond donors (Lipinski definition) is 0. The largest absolute Gasteiger partial charge is 0.455 e. The Kier molecular flexibility index (Phi) is 9.50. The molecule has 0 saturated carbocycles. The second kappa shape index (κ2) is 16.2. The van der Waals surface area contributed by atoms with Crippen molar-refractivity contribution >= 4 is 77.6 Å². The van der Waals surface area contributed by atoms with E-state index in [2.05, 4.69) is 265 Å². The smallest absolute Gasteiger partial charge is 0.143 e. The van der Waals surface area contributed by atoms with Crippen LogP contribution >= 0.6 is 0 Å². The van der Waals surface area contributed by atoms with Crippen molar-refractivity contribution in [3.8, 4) is 33.4 Å². The van der Waals surface area contributed by atoms with Gasteiger partial charge in [-0.15, -0.1) is 0 Å². The standard InChI is InChI=1S/C62H42N2O/c1-5-17-43(18-6-1)45-31-34-52(35-32-45)63(50-24-9-3-10-25-50)58-39-40-59-60(56-37-33-47-22-15-16-28-55(47)62(56)65-59)61(58)64(51-26-11-4-12-27-51)53-36-38-54(57(42-53)46-20-7-2-8-21-46)49-30-29-44-19-13-14-23-48(44)41-49/h1-42H. The van der Waals surface area contributed by atoms with E-state index in [1.54, 1.807) is 0 Å². The van der Waals surface area contributed by atoms with Crippen LogP contribution in [0, 0.1) is 0 Å². The summed E-state index contributed by atoms with van der Waals surface area (Å²) in [6.07, 6.45) is 0. The van der Waals surface area contributed by atoms with Crippen molar-refractivity contribution < 1.29 is 4.42 Å². The van der Waals surface area contributed by atoms with E-state index in [-0.39, 0.29) is 0 Å². The number of para-hydroxylation sites is 2.